The molecule has 0 radical (unpaired) electrons. The summed E-state index contributed by atoms with van der Waals surface area (Å²) >= 11 is 0. The molecule has 1 aliphatic heterocycles. The van der Waals surface area contributed by atoms with Crippen molar-refractivity contribution in [2.24, 2.45) is 5.73 Å². The minimum absolute atomic E-state index is 0.129. The molecule has 1 fully saturated rings. The fourth-order valence-electron chi connectivity index (χ4n) is 3.08. The van der Waals surface area contributed by atoms with E-state index in [-0.39, 0.29) is 17.1 Å². The number of ketones is 1. The van der Waals surface area contributed by atoms with E-state index in [0.717, 1.165) is 38.3 Å². The van der Waals surface area contributed by atoms with Gasteiger partial charge in [-0.25, -0.2) is 9.18 Å². The van der Waals surface area contributed by atoms with E-state index < -0.39 is 41.5 Å². The van der Waals surface area contributed by atoms with Crippen LogP contribution in [0.15, 0.2) is 29.6 Å². The van der Waals surface area contributed by atoms with Gasteiger partial charge in [-0.2, -0.15) is 13.2 Å². The van der Waals surface area contributed by atoms with Gasteiger partial charge in [-0.15, -0.1) is 0 Å². The molecule has 5 N–H and O–H groups in total. The highest BCUT2D eigenvalue weighted by molar-refractivity contribution is 6.18. The monoisotopic (exact) mass is 459 g/mol. The van der Waals surface area contributed by atoms with E-state index in [1.807, 2.05) is 0 Å². The summed E-state index contributed by atoms with van der Waals surface area (Å²) in [5.41, 5.74) is 2.87. The second-order valence-corrected chi connectivity index (χ2v) is 7.10. The molecule has 176 valence electrons. The van der Waals surface area contributed by atoms with Crippen LogP contribution in [0.25, 0.3) is 0 Å². The van der Waals surface area contributed by atoms with Gasteiger partial charge in [-0.05, 0) is 19.1 Å². The molecule has 1 saturated heterocycles. The van der Waals surface area contributed by atoms with Crippen LogP contribution >= 0.6 is 0 Å². The first kappa shape index (κ1) is 25.3. The first-order valence-electron chi connectivity index (χ1n) is 9.80. The number of piperazine rings is 1. The number of nitrogens with two attached hydrogens (primary N) is 1. The van der Waals surface area contributed by atoms with Crippen molar-refractivity contribution in [3.8, 4) is 0 Å². The predicted molar refractivity (Wildman–Crippen MR) is 109 cm³/mol. The van der Waals surface area contributed by atoms with Crippen LogP contribution in [0.1, 0.15) is 22.8 Å². The summed E-state index contributed by atoms with van der Waals surface area (Å²) in [6.07, 6.45) is -4.98. The first-order valence-corrected chi connectivity index (χ1v) is 9.80. The maximum absolute atomic E-state index is 14.1. The van der Waals surface area contributed by atoms with Gasteiger partial charge in [0.25, 0.3) is 0 Å². The van der Waals surface area contributed by atoms with E-state index in [1.54, 1.807) is 0 Å². The summed E-state index contributed by atoms with van der Waals surface area (Å²) in [4.78, 5) is 26.7. The number of rotatable bonds is 9. The summed E-state index contributed by atoms with van der Waals surface area (Å²) < 4.78 is 57.3. The fourth-order valence-corrected chi connectivity index (χ4v) is 3.08. The second kappa shape index (κ2) is 11.0. The smallest absolute Gasteiger partial charge is 0.419 e. The van der Waals surface area contributed by atoms with Crippen molar-refractivity contribution in [3.63, 3.8) is 0 Å². The van der Waals surface area contributed by atoms with Gasteiger partial charge in [0, 0.05) is 45.0 Å². The number of halogens is 4. The van der Waals surface area contributed by atoms with Gasteiger partial charge < -0.3 is 26.5 Å². The lowest BCUT2D eigenvalue weighted by molar-refractivity contribution is -0.140. The highest BCUT2D eigenvalue weighted by Gasteiger charge is 2.35. The lowest BCUT2D eigenvalue weighted by Gasteiger charge is -2.27. The Morgan fingerprint density at radius 1 is 1.28 bits per heavy atom. The van der Waals surface area contributed by atoms with Crippen LogP contribution in [0.2, 0.25) is 0 Å². The molecule has 1 heterocycles. The van der Waals surface area contributed by atoms with Crippen LogP contribution in [0, 0.1) is 11.2 Å². The molecular formula is C20H25F4N5O3. The number of nitrogens with one attached hydrogen (secondary N) is 3. The Bertz CT molecular complexity index is 896. The molecule has 8 nitrogen and oxygen atoms in total. The van der Waals surface area contributed by atoms with Crippen molar-refractivity contribution < 1.29 is 31.9 Å². The van der Waals surface area contributed by atoms with Gasteiger partial charge in [0.2, 0.25) is 5.78 Å². The van der Waals surface area contributed by atoms with Crippen LogP contribution in [0.4, 0.5) is 17.6 Å². The Labute approximate surface area is 182 Å². The molecule has 32 heavy (non-hydrogen) atoms. The number of hydrogen-bond acceptors (Lipinski definition) is 8. The van der Waals surface area contributed by atoms with E-state index in [0.29, 0.717) is 19.2 Å². The number of Topliss-reactive ketones (excluding diaryl/α,β-unsaturated/α-hetero) is 1. The van der Waals surface area contributed by atoms with Crippen LogP contribution < -0.4 is 16.4 Å². The maximum Gasteiger partial charge on any atom is 0.419 e. The molecule has 12 heteroatoms. The minimum atomic E-state index is -4.98. The predicted octanol–water partition coefficient (Wildman–Crippen LogP) is 1.28. The highest BCUT2D eigenvalue weighted by Crippen LogP contribution is 2.32. The highest BCUT2D eigenvalue weighted by atomic mass is 19.4. The van der Waals surface area contributed by atoms with E-state index in [2.05, 4.69) is 15.5 Å². The zero-order valence-electron chi connectivity index (χ0n) is 17.4. The van der Waals surface area contributed by atoms with Crippen molar-refractivity contribution in [1.82, 2.24) is 15.5 Å². The molecule has 0 amide bonds. The van der Waals surface area contributed by atoms with Gasteiger partial charge in [0.1, 0.15) is 17.2 Å². The third kappa shape index (κ3) is 6.76. The van der Waals surface area contributed by atoms with Crippen molar-refractivity contribution in [2.45, 2.75) is 13.1 Å². The molecule has 1 aliphatic rings. The Morgan fingerprint density at radius 2 is 1.94 bits per heavy atom. The van der Waals surface area contributed by atoms with Crippen LogP contribution in [0.3, 0.4) is 0 Å². The zero-order chi connectivity index (χ0) is 23.9. The molecule has 0 bridgehead atoms. The normalized spacial score (nSPS) is 15.7. The van der Waals surface area contributed by atoms with Crippen molar-refractivity contribution in [2.75, 3.05) is 45.9 Å². The number of benzene rings is 1. The van der Waals surface area contributed by atoms with Crippen molar-refractivity contribution >= 4 is 17.5 Å². The average molecular weight is 459 g/mol. The largest absolute Gasteiger partial charge is 0.454 e. The van der Waals surface area contributed by atoms with Gasteiger partial charge in [-0.1, -0.05) is 6.07 Å². The summed E-state index contributed by atoms with van der Waals surface area (Å²) in [7, 11) is 0. The van der Waals surface area contributed by atoms with Crippen LogP contribution in [-0.4, -0.2) is 68.2 Å². The standard InChI is InChI=1S/C20H25F4N5O3/c1-12(25)16(18(26)28-7-10-29-8-5-27-6-9-29)19(31)32-11-15(30)13-3-2-4-14(17(13)21)20(22,23)24/h2-4,25,27-28H,5-11,26H2,1H3/b18-16+,25-12?. The third-order valence-corrected chi connectivity index (χ3v) is 4.74. The first-order chi connectivity index (χ1) is 15.0. The minimum Gasteiger partial charge on any atom is -0.454 e. The Balaban J connectivity index is 2.01. The van der Waals surface area contributed by atoms with E-state index in [9.17, 15) is 27.2 Å². The SMILES string of the molecule is CC(=N)/C(C(=O)OCC(=O)c1cccc(C(F)(F)F)c1F)=C(/N)NCCN1CCNCC1. The average Bonchev–Trinajstić information content (AvgIpc) is 2.72. The number of alkyl halides is 3. The molecule has 0 atom stereocenters. The lowest BCUT2D eigenvalue weighted by Crippen LogP contribution is -2.46. The number of hydrogen-bond donors (Lipinski definition) is 4. The molecule has 0 unspecified atom stereocenters. The molecule has 1 aromatic carbocycles. The summed E-state index contributed by atoms with van der Waals surface area (Å²) in [5, 5.41) is 13.8. The van der Waals surface area contributed by atoms with Crippen LogP contribution in [-0.2, 0) is 15.7 Å². The lowest BCUT2D eigenvalue weighted by atomic mass is 10.1. The molecule has 2 rings (SSSR count). The van der Waals surface area contributed by atoms with E-state index >= 15 is 0 Å². The molecule has 1 aromatic rings. The quantitative estimate of drug-likeness (QED) is 0.144. The number of carbonyl (C=O) groups excluding carboxylic acids is 2. The topological polar surface area (TPSA) is 121 Å². The third-order valence-electron chi connectivity index (χ3n) is 4.74. The molecule has 0 saturated carbocycles. The Kier molecular flexibility index (Phi) is 8.72. The van der Waals surface area contributed by atoms with Gasteiger partial charge in [0.15, 0.2) is 6.61 Å². The summed E-state index contributed by atoms with van der Waals surface area (Å²) in [6, 6.07) is 2.25. The fraction of sp³-hybridized carbons (Fsp3) is 0.450. The summed E-state index contributed by atoms with van der Waals surface area (Å²) in [5.74, 6) is -4.15. The van der Waals surface area contributed by atoms with E-state index in [4.69, 9.17) is 15.9 Å². The van der Waals surface area contributed by atoms with Gasteiger partial charge in [-0.3, -0.25) is 9.69 Å². The van der Waals surface area contributed by atoms with Crippen molar-refractivity contribution in [1.29, 1.82) is 5.41 Å². The van der Waals surface area contributed by atoms with Gasteiger partial charge >= 0.3 is 12.1 Å². The molecule has 0 aliphatic carbocycles. The molecule has 0 aromatic heterocycles. The summed E-state index contributed by atoms with van der Waals surface area (Å²) in [6.45, 7) is 4.76. The molecular weight excluding hydrogens is 434 g/mol. The van der Waals surface area contributed by atoms with Gasteiger partial charge in [0.05, 0.1) is 11.1 Å². The number of carbonyl (C=O) groups is 2. The number of nitrogens with zero attached hydrogens (tertiary/aromatic N) is 1. The Hall–Kier alpha value is -2.99. The maximum atomic E-state index is 14.1. The van der Waals surface area contributed by atoms with Crippen LogP contribution in [0.5, 0.6) is 0 Å². The Morgan fingerprint density at radius 3 is 2.53 bits per heavy atom. The number of ether oxygens (including phenoxy) is 1. The number of esters is 1. The zero-order valence-corrected chi connectivity index (χ0v) is 17.4. The second-order valence-electron chi connectivity index (χ2n) is 7.10. The van der Waals surface area contributed by atoms with Crippen molar-refractivity contribution in [3.05, 3.63) is 46.5 Å². The molecule has 0 spiro atoms. The van der Waals surface area contributed by atoms with E-state index in [1.165, 1.54) is 6.92 Å².